The second kappa shape index (κ2) is 5.87. The molecule has 0 saturated heterocycles. The Morgan fingerprint density at radius 2 is 2.20 bits per heavy atom. The Balaban J connectivity index is 1.65. The molecular weight excluding hydrogens is 320 g/mol. The van der Waals surface area contributed by atoms with Gasteiger partial charge in [0.1, 0.15) is 5.82 Å². The number of nitrogens with one attached hydrogen (secondary N) is 1. The van der Waals surface area contributed by atoms with Crippen molar-refractivity contribution >= 4 is 5.91 Å². The molecule has 0 aromatic carbocycles. The van der Waals surface area contributed by atoms with Gasteiger partial charge in [0.25, 0.3) is 5.91 Å². The summed E-state index contributed by atoms with van der Waals surface area (Å²) in [6, 6.07) is 1.66. The van der Waals surface area contributed by atoms with E-state index in [2.05, 4.69) is 38.8 Å². The maximum absolute atomic E-state index is 13.1. The van der Waals surface area contributed by atoms with E-state index >= 15 is 0 Å². The van der Waals surface area contributed by atoms with Crippen molar-refractivity contribution in [2.75, 3.05) is 6.54 Å². The van der Waals surface area contributed by atoms with Crippen LogP contribution in [0.3, 0.4) is 0 Å². The van der Waals surface area contributed by atoms with E-state index in [1.54, 1.807) is 24.8 Å². The number of rotatable bonds is 3. The second-order valence-corrected chi connectivity index (χ2v) is 6.57. The molecule has 1 aliphatic heterocycles. The molecule has 1 amide bonds. The number of carbonyl (C=O) groups excluding carboxylic acids is 1. The van der Waals surface area contributed by atoms with Crippen LogP contribution in [0.1, 0.15) is 54.7 Å². The van der Waals surface area contributed by atoms with Crippen LogP contribution in [-0.4, -0.2) is 42.3 Å². The van der Waals surface area contributed by atoms with Crippen molar-refractivity contribution in [3.05, 3.63) is 42.0 Å². The van der Waals surface area contributed by atoms with Crippen molar-refractivity contribution in [1.29, 1.82) is 0 Å². The molecule has 25 heavy (non-hydrogen) atoms. The van der Waals surface area contributed by atoms with Crippen LogP contribution in [0.25, 0.3) is 11.3 Å². The predicted octanol–water partition coefficient (Wildman–Crippen LogP) is 2.60. The normalized spacial score (nSPS) is 17.1. The molecule has 0 aliphatic carbocycles. The highest BCUT2D eigenvalue weighted by Gasteiger charge is 2.33. The fourth-order valence-corrected chi connectivity index (χ4v) is 3.34. The quantitative estimate of drug-likeness (QED) is 0.791. The summed E-state index contributed by atoms with van der Waals surface area (Å²) in [6.07, 6.45) is 4.73. The Morgan fingerprint density at radius 1 is 1.36 bits per heavy atom. The molecule has 130 valence electrons. The maximum atomic E-state index is 13.1. The zero-order valence-corrected chi connectivity index (χ0v) is 14.4. The molecule has 4 heterocycles. The van der Waals surface area contributed by atoms with Crippen molar-refractivity contribution in [1.82, 2.24) is 29.9 Å². The van der Waals surface area contributed by atoms with Crippen LogP contribution in [0, 0.1) is 0 Å². The molecule has 4 rings (SSSR count). The number of hydrogen-bond donors (Lipinski definition) is 1. The van der Waals surface area contributed by atoms with Crippen LogP contribution >= 0.6 is 0 Å². The average molecular weight is 340 g/mol. The molecule has 0 saturated carbocycles. The fourth-order valence-electron chi connectivity index (χ4n) is 3.34. The van der Waals surface area contributed by atoms with Gasteiger partial charge in [0.15, 0.2) is 5.82 Å². The van der Waals surface area contributed by atoms with Gasteiger partial charge < -0.3 is 13.9 Å². The van der Waals surface area contributed by atoms with Gasteiger partial charge in [-0.25, -0.2) is 0 Å². The Morgan fingerprint density at radius 3 is 2.92 bits per heavy atom. The lowest BCUT2D eigenvalue weighted by Gasteiger charge is -2.34. The largest absolute Gasteiger partial charge is 0.472 e. The number of aromatic amines is 1. The predicted molar refractivity (Wildman–Crippen MR) is 89.9 cm³/mol. The Hall–Kier alpha value is -2.90. The molecule has 0 spiro atoms. The van der Waals surface area contributed by atoms with Gasteiger partial charge in [0.2, 0.25) is 0 Å². The van der Waals surface area contributed by atoms with Crippen LogP contribution in [0.5, 0.6) is 0 Å². The number of carbonyl (C=O) groups is 1. The van der Waals surface area contributed by atoms with Crippen molar-refractivity contribution in [2.24, 2.45) is 0 Å². The molecule has 8 nitrogen and oxygen atoms in total. The van der Waals surface area contributed by atoms with Gasteiger partial charge in [-0.2, -0.15) is 5.10 Å². The molecule has 1 unspecified atom stereocenters. The van der Waals surface area contributed by atoms with E-state index in [1.165, 1.54) is 0 Å². The molecule has 8 heteroatoms. The molecule has 0 bridgehead atoms. The molecule has 0 fully saturated rings. The zero-order valence-electron chi connectivity index (χ0n) is 14.4. The first-order valence-electron chi connectivity index (χ1n) is 8.37. The summed E-state index contributed by atoms with van der Waals surface area (Å²) in [6.45, 7) is 7.50. The fraction of sp³-hybridized carbons (Fsp3) is 0.412. The molecule has 3 aromatic heterocycles. The van der Waals surface area contributed by atoms with Gasteiger partial charge in [-0.1, -0.05) is 13.8 Å². The molecule has 0 radical (unpaired) electrons. The van der Waals surface area contributed by atoms with Crippen LogP contribution in [0.15, 0.2) is 29.2 Å². The Kier molecular flexibility index (Phi) is 3.67. The number of fused-ring (bicyclic) bond motifs is 1. The van der Waals surface area contributed by atoms with Gasteiger partial charge in [-0.3, -0.25) is 9.89 Å². The third-order valence-corrected chi connectivity index (χ3v) is 4.67. The van der Waals surface area contributed by atoms with Gasteiger partial charge in [0.05, 0.1) is 36.0 Å². The summed E-state index contributed by atoms with van der Waals surface area (Å²) >= 11 is 0. The topological polar surface area (TPSA) is 92.8 Å². The number of aromatic nitrogens is 5. The first kappa shape index (κ1) is 15.6. The molecule has 1 atom stereocenters. The lowest BCUT2D eigenvalue weighted by Crippen LogP contribution is -2.41. The van der Waals surface area contributed by atoms with Crippen LogP contribution in [-0.2, 0) is 6.54 Å². The first-order chi connectivity index (χ1) is 12.1. The smallest absolute Gasteiger partial charge is 0.258 e. The standard InChI is InChI=1S/C17H20N6O2/c1-10(2)15-20-21-16-11(3)22(5-6-23(15)16)17(24)13-8-18-19-14(13)12-4-7-25-9-12/h4,7-11H,5-6H2,1-3H3,(H,18,19). The second-order valence-electron chi connectivity index (χ2n) is 6.57. The SMILES string of the molecule is CC(C)c1nnc2n1CCN(C(=O)c1cn[nH]c1-c1ccoc1)C2C. The minimum atomic E-state index is -0.145. The highest BCUT2D eigenvalue weighted by atomic mass is 16.3. The maximum Gasteiger partial charge on any atom is 0.258 e. The molecule has 1 N–H and O–H groups in total. The third-order valence-electron chi connectivity index (χ3n) is 4.67. The summed E-state index contributed by atoms with van der Waals surface area (Å²) in [4.78, 5) is 14.9. The van der Waals surface area contributed by atoms with Crippen LogP contribution in [0.2, 0.25) is 0 Å². The number of hydrogen-bond acceptors (Lipinski definition) is 5. The number of H-pyrrole nitrogens is 1. The lowest BCUT2D eigenvalue weighted by atomic mass is 10.1. The number of furan rings is 1. The van der Waals surface area contributed by atoms with E-state index in [9.17, 15) is 4.79 Å². The van der Waals surface area contributed by atoms with E-state index < -0.39 is 0 Å². The van der Waals surface area contributed by atoms with Crippen LogP contribution < -0.4 is 0 Å². The van der Waals surface area contributed by atoms with Gasteiger partial charge in [0, 0.05) is 24.6 Å². The minimum Gasteiger partial charge on any atom is -0.472 e. The minimum absolute atomic E-state index is 0.0715. The van der Waals surface area contributed by atoms with Crippen molar-refractivity contribution < 1.29 is 9.21 Å². The summed E-state index contributed by atoms with van der Waals surface area (Å²) in [5.74, 6) is 2.03. The van der Waals surface area contributed by atoms with E-state index in [4.69, 9.17) is 4.42 Å². The Labute approximate surface area is 144 Å². The third kappa shape index (κ3) is 2.45. The van der Waals surface area contributed by atoms with E-state index in [-0.39, 0.29) is 11.9 Å². The average Bonchev–Trinajstić information content (AvgIpc) is 3.33. The first-order valence-corrected chi connectivity index (χ1v) is 8.37. The van der Waals surface area contributed by atoms with Gasteiger partial charge in [-0.15, -0.1) is 10.2 Å². The monoisotopic (exact) mass is 340 g/mol. The van der Waals surface area contributed by atoms with Crippen molar-refractivity contribution in [3.8, 4) is 11.3 Å². The summed E-state index contributed by atoms with van der Waals surface area (Å²) in [7, 11) is 0. The molecule has 3 aromatic rings. The number of amides is 1. The van der Waals surface area contributed by atoms with Gasteiger partial charge in [-0.05, 0) is 13.0 Å². The zero-order chi connectivity index (χ0) is 17.6. The lowest BCUT2D eigenvalue weighted by molar-refractivity contribution is 0.0637. The Bertz CT molecular complexity index is 892. The van der Waals surface area contributed by atoms with E-state index in [0.717, 1.165) is 17.2 Å². The summed E-state index contributed by atoms with van der Waals surface area (Å²) < 4.78 is 7.25. The number of nitrogens with zero attached hydrogens (tertiary/aromatic N) is 5. The highest BCUT2D eigenvalue weighted by Crippen LogP contribution is 2.30. The van der Waals surface area contributed by atoms with Gasteiger partial charge >= 0.3 is 0 Å². The highest BCUT2D eigenvalue weighted by molar-refractivity contribution is 5.99. The molecular formula is C17H20N6O2. The van der Waals surface area contributed by atoms with Crippen LogP contribution in [0.4, 0.5) is 0 Å². The van der Waals surface area contributed by atoms with E-state index in [0.29, 0.717) is 30.3 Å². The van der Waals surface area contributed by atoms with E-state index in [1.807, 2.05) is 11.8 Å². The van der Waals surface area contributed by atoms with Crippen molar-refractivity contribution in [2.45, 2.75) is 39.3 Å². The summed E-state index contributed by atoms with van der Waals surface area (Å²) in [5.41, 5.74) is 2.00. The van der Waals surface area contributed by atoms with Crippen molar-refractivity contribution in [3.63, 3.8) is 0 Å². The summed E-state index contributed by atoms with van der Waals surface area (Å²) in [5, 5.41) is 15.6. The molecule has 1 aliphatic rings.